The molecule has 37 heavy (non-hydrogen) atoms. The number of hydrogen-bond acceptors (Lipinski definition) is 4. The van der Waals surface area contributed by atoms with Crippen LogP contribution >= 0.6 is 24.8 Å². The highest BCUT2D eigenvalue weighted by atomic mass is 35.5. The van der Waals surface area contributed by atoms with Gasteiger partial charge >= 0.3 is 0 Å². The average Bonchev–Trinajstić information content (AvgIpc) is 3.02. The van der Waals surface area contributed by atoms with E-state index in [0.717, 1.165) is 71.4 Å². The summed E-state index contributed by atoms with van der Waals surface area (Å²) in [6, 6.07) is 17.8. The van der Waals surface area contributed by atoms with Crippen molar-refractivity contribution in [1.82, 2.24) is 9.80 Å². The highest BCUT2D eigenvalue weighted by molar-refractivity contribution is 5.86. The first-order valence-electron chi connectivity index (χ1n) is 12.9. The fraction of sp³-hybridized carbons (Fsp3) is 0.536. The summed E-state index contributed by atoms with van der Waals surface area (Å²) < 4.78 is 0. The van der Waals surface area contributed by atoms with Gasteiger partial charge in [0.2, 0.25) is 5.91 Å². The van der Waals surface area contributed by atoms with E-state index >= 15 is 0 Å². The van der Waals surface area contributed by atoms with Gasteiger partial charge in [-0.05, 0) is 87.8 Å². The maximum Gasteiger partial charge on any atom is 0.238 e. The molecule has 0 spiro atoms. The molecule has 7 nitrogen and oxygen atoms in total. The lowest BCUT2D eigenvalue weighted by Gasteiger charge is -2.48. The molecule has 1 amide bonds. The molecule has 9 heteroatoms. The van der Waals surface area contributed by atoms with Gasteiger partial charge < -0.3 is 26.5 Å². The minimum atomic E-state index is -0.417. The predicted molar refractivity (Wildman–Crippen MR) is 157 cm³/mol. The van der Waals surface area contributed by atoms with Crippen molar-refractivity contribution in [3.8, 4) is 0 Å². The lowest BCUT2D eigenvalue weighted by Crippen LogP contribution is -2.63. The fourth-order valence-corrected chi connectivity index (χ4v) is 6.25. The molecular formula is C28H44Cl2N4O3. The van der Waals surface area contributed by atoms with Crippen LogP contribution in [0.3, 0.4) is 0 Å². The molecule has 2 fully saturated rings. The number of likely N-dealkylation sites (tertiary alicyclic amines) is 2. The summed E-state index contributed by atoms with van der Waals surface area (Å²) in [6.45, 7) is 6.06. The van der Waals surface area contributed by atoms with Crippen LogP contribution in [0.5, 0.6) is 0 Å². The van der Waals surface area contributed by atoms with E-state index in [0.29, 0.717) is 0 Å². The molecule has 6 N–H and O–H groups in total. The van der Waals surface area contributed by atoms with Gasteiger partial charge in [0.25, 0.3) is 0 Å². The smallest absolute Gasteiger partial charge is 0.238 e. The number of rotatable bonds is 6. The van der Waals surface area contributed by atoms with Gasteiger partial charge in [0, 0.05) is 31.0 Å². The molecule has 0 atom stereocenters. The molecule has 3 aliphatic rings. The molecule has 5 rings (SSSR count). The number of anilines is 2. The lowest BCUT2D eigenvalue weighted by atomic mass is 9.83. The fourth-order valence-electron chi connectivity index (χ4n) is 6.25. The molecule has 3 aliphatic heterocycles. The van der Waals surface area contributed by atoms with E-state index in [4.69, 9.17) is 5.73 Å². The van der Waals surface area contributed by atoms with Crippen LogP contribution in [0.1, 0.15) is 49.7 Å². The first-order chi connectivity index (χ1) is 16.2. The van der Waals surface area contributed by atoms with Gasteiger partial charge in [-0.3, -0.25) is 9.69 Å². The third kappa shape index (κ3) is 6.96. The second-order valence-corrected chi connectivity index (χ2v) is 10.0. The summed E-state index contributed by atoms with van der Waals surface area (Å²) in [5.74, 6) is -0.109. The SMILES string of the molecule is Cl.Cl.NC(=O)C1(N2CCCCC2)CCN(CCCN2c3ccccc3CCc3ccccc32)CC1.O.O. The van der Waals surface area contributed by atoms with Crippen LogP contribution in [0.4, 0.5) is 11.4 Å². The number of aryl methyl sites for hydroxylation is 2. The quantitative estimate of drug-likeness (QED) is 0.589. The van der Waals surface area contributed by atoms with Crippen LogP contribution in [0, 0.1) is 0 Å². The van der Waals surface area contributed by atoms with Gasteiger partial charge in [-0.1, -0.05) is 42.8 Å². The molecule has 0 aliphatic carbocycles. The number of halogens is 2. The third-order valence-electron chi connectivity index (χ3n) is 8.19. The number of carbonyl (C=O) groups is 1. The summed E-state index contributed by atoms with van der Waals surface area (Å²) in [7, 11) is 0. The molecule has 0 saturated carbocycles. The van der Waals surface area contributed by atoms with Crippen LogP contribution < -0.4 is 10.6 Å². The van der Waals surface area contributed by atoms with E-state index in [1.54, 1.807) is 0 Å². The molecule has 2 aromatic carbocycles. The van der Waals surface area contributed by atoms with Crippen molar-refractivity contribution in [2.24, 2.45) is 5.73 Å². The Labute approximate surface area is 233 Å². The Morgan fingerprint density at radius 2 is 1.27 bits per heavy atom. The standard InChI is InChI=1S/C28H38N4O.2ClH.2H2O/c29-27(33)28(31-18-6-1-7-19-31)15-21-30(22-16-28)17-8-20-32-25-11-4-2-9-23(25)13-14-24-10-3-5-12-26(24)32;;;;/h2-5,9-12H,1,6-8,13-22H2,(H2,29,33);2*1H;2*1H2. The largest absolute Gasteiger partial charge is 0.412 e. The lowest BCUT2D eigenvalue weighted by molar-refractivity contribution is -0.134. The zero-order chi connectivity index (χ0) is 22.7. The van der Waals surface area contributed by atoms with Gasteiger partial charge in [-0.25, -0.2) is 0 Å². The van der Waals surface area contributed by atoms with Gasteiger partial charge in [-0.2, -0.15) is 0 Å². The van der Waals surface area contributed by atoms with Crippen LogP contribution in [0.15, 0.2) is 48.5 Å². The molecule has 2 aromatic rings. The number of hydrogen-bond donors (Lipinski definition) is 1. The highest BCUT2D eigenvalue weighted by Gasteiger charge is 2.44. The van der Waals surface area contributed by atoms with Crippen LogP contribution in [0.25, 0.3) is 0 Å². The van der Waals surface area contributed by atoms with Crippen LogP contribution in [-0.2, 0) is 17.6 Å². The average molecular weight is 556 g/mol. The number of primary amides is 1. The minimum absolute atomic E-state index is 0. The molecular weight excluding hydrogens is 511 g/mol. The van der Waals surface area contributed by atoms with Crippen molar-refractivity contribution in [3.63, 3.8) is 0 Å². The molecule has 0 aromatic heterocycles. The Hall–Kier alpha value is -1.87. The second kappa shape index (κ2) is 14.9. The number of carbonyl (C=O) groups excluding carboxylic acids is 1. The second-order valence-electron chi connectivity index (χ2n) is 10.0. The van der Waals surface area contributed by atoms with Crippen molar-refractivity contribution in [1.29, 1.82) is 0 Å². The van der Waals surface area contributed by atoms with E-state index in [2.05, 4.69) is 63.2 Å². The van der Waals surface area contributed by atoms with Crippen LogP contribution in [-0.4, -0.2) is 71.5 Å². The van der Waals surface area contributed by atoms with E-state index in [-0.39, 0.29) is 41.7 Å². The molecule has 3 heterocycles. The topological polar surface area (TPSA) is 116 Å². The normalized spacial score (nSPS) is 18.9. The maximum atomic E-state index is 12.5. The summed E-state index contributed by atoms with van der Waals surface area (Å²) in [6.07, 6.45) is 8.71. The van der Waals surface area contributed by atoms with Crippen molar-refractivity contribution >= 4 is 42.1 Å². The molecule has 2 saturated heterocycles. The van der Waals surface area contributed by atoms with E-state index in [1.807, 2.05) is 0 Å². The first kappa shape index (κ1) is 33.2. The Bertz CT molecular complexity index is 932. The van der Waals surface area contributed by atoms with E-state index in [1.165, 1.54) is 41.8 Å². The Morgan fingerprint density at radius 3 is 1.78 bits per heavy atom. The summed E-state index contributed by atoms with van der Waals surface area (Å²) >= 11 is 0. The van der Waals surface area contributed by atoms with Crippen molar-refractivity contribution in [2.45, 2.75) is 56.9 Å². The van der Waals surface area contributed by atoms with Gasteiger partial charge in [-0.15, -0.1) is 24.8 Å². The van der Waals surface area contributed by atoms with Gasteiger partial charge in [0.15, 0.2) is 0 Å². The monoisotopic (exact) mass is 554 g/mol. The number of para-hydroxylation sites is 2. The van der Waals surface area contributed by atoms with Gasteiger partial charge in [0.05, 0.1) is 0 Å². The maximum absolute atomic E-state index is 12.5. The Balaban J connectivity index is 0.00000171. The zero-order valence-electron chi connectivity index (χ0n) is 21.7. The van der Waals surface area contributed by atoms with E-state index < -0.39 is 5.54 Å². The number of amides is 1. The molecule has 0 unspecified atom stereocenters. The third-order valence-corrected chi connectivity index (χ3v) is 8.19. The highest BCUT2D eigenvalue weighted by Crippen LogP contribution is 2.36. The number of piperidine rings is 2. The molecule has 0 radical (unpaired) electrons. The summed E-state index contributed by atoms with van der Waals surface area (Å²) in [5.41, 5.74) is 11.2. The predicted octanol–water partition coefficient (Wildman–Crippen LogP) is 3.31. The summed E-state index contributed by atoms with van der Waals surface area (Å²) in [4.78, 5) is 20.0. The number of benzene rings is 2. The van der Waals surface area contributed by atoms with Crippen molar-refractivity contribution < 1.29 is 15.7 Å². The van der Waals surface area contributed by atoms with Crippen molar-refractivity contribution in [2.75, 3.05) is 44.2 Å². The molecule has 208 valence electrons. The van der Waals surface area contributed by atoms with E-state index in [9.17, 15) is 4.79 Å². The number of nitrogens with zero attached hydrogens (tertiary/aromatic N) is 3. The van der Waals surface area contributed by atoms with Crippen LogP contribution in [0.2, 0.25) is 0 Å². The Kier molecular flexibility index (Phi) is 13.4. The first-order valence-corrected chi connectivity index (χ1v) is 12.9. The Morgan fingerprint density at radius 1 is 0.757 bits per heavy atom. The number of nitrogens with two attached hydrogens (primary N) is 1. The zero-order valence-corrected chi connectivity index (χ0v) is 23.3. The summed E-state index contributed by atoms with van der Waals surface area (Å²) in [5, 5.41) is 0. The molecule has 0 bridgehead atoms. The minimum Gasteiger partial charge on any atom is -0.412 e. The number of fused-ring (bicyclic) bond motifs is 2. The van der Waals surface area contributed by atoms with Gasteiger partial charge in [0.1, 0.15) is 5.54 Å². The van der Waals surface area contributed by atoms with Crippen molar-refractivity contribution in [3.05, 3.63) is 59.7 Å².